The van der Waals surface area contributed by atoms with Gasteiger partial charge in [-0.3, -0.25) is 0 Å². The lowest BCUT2D eigenvalue weighted by Crippen LogP contribution is -1.99. The molecule has 0 unspecified atom stereocenters. The lowest BCUT2D eigenvalue weighted by Gasteiger charge is -2.02. The molecule has 0 saturated carbocycles. The summed E-state index contributed by atoms with van der Waals surface area (Å²) in [7, 11) is 0. The molecule has 0 fully saturated rings. The molecule has 5 aromatic rings. The van der Waals surface area contributed by atoms with E-state index in [1.54, 1.807) is 0 Å². The van der Waals surface area contributed by atoms with Gasteiger partial charge in [-0.05, 0) is 23.4 Å². The zero-order chi connectivity index (χ0) is 16.6. The van der Waals surface area contributed by atoms with Crippen molar-refractivity contribution in [3.63, 3.8) is 0 Å². The average Bonchev–Trinajstić information content (AvgIpc) is 3.06. The van der Waals surface area contributed by atoms with Gasteiger partial charge in [0, 0.05) is 21.9 Å². The smallest absolute Gasteiger partial charge is 0.185 e. The Morgan fingerprint density at radius 3 is 2.20 bits per heavy atom. The molecule has 0 bridgehead atoms. The zero-order valence-corrected chi connectivity index (χ0v) is 13.1. The number of nitrogens with zero attached hydrogens (tertiary/aromatic N) is 4. The van der Waals surface area contributed by atoms with Gasteiger partial charge in [-0.2, -0.15) is 0 Å². The standard InChI is InChI=1S/C20H12N4O/c1-2-6-13(7-3-1)19-21-20(23-24-22-19)14-10-11-16-15-8-4-5-9-17(15)25-18(16)12-14/h1-12H. The van der Waals surface area contributed by atoms with E-state index in [2.05, 4.69) is 26.5 Å². The van der Waals surface area contributed by atoms with Gasteiger partial charge in [0.25, 0.3) is 0 Å². The van der Waals surface area contributed by atoms with Crippen molar-refractivity contribution in [1.29, 1.82) is 0 Å². The molecule has 118 valence electrons. The maximum atomic E-state index is 5.94. The average molecular weight is 324 g/mol. The Morgan fingerprint density at radius 1 is 0.600 bits per heavy atom. The second kappa shape index (κ2) is 5.49. The van der Waals surface area contributed by atoms with Gasteiger partial charge >= 0.3 is 0 Å². The first kappa shape index (κ1) is 13.8. The molecule has 3 aromatic carbocycles. The first-order chi connectivity index (χ1) is 12.4. The van der Waals surface area contributed by atoms with Crippen molar-refractivity contribution in [1.82, 2.24) is 20.4 Å². The van der Waals surface area contributed by atoms with E-state index in [0.29, 0.717) is 11.6 Å². The van der Waals surface area contributed by atoms with Crippen LogP contribution < -0.4 is 0 Å². The summed E-state index contributed by atoms with van der Waals surface area (Å²) < 4.78 is 5.94. The van der Waals surface area contributed by atoms with E-state index in [0.717, 1.165) is 33.1 Å². The first-order valence-electron chi connectivity index (χ1n) is 7.93. The van der Waals surface area contributed by atoms with Crippen molar-refractivity contribution >= 4 is 21.9 Å². The minimum absolute atomic E-state index is 0.524. The third-order valence-corrected chi connectivity index (χ3v) is 4.16. The summed E-state index contributed by atoms with van der Waals surface area (Å²) in [6.45, 7) is 0. The highest BCUT2D eigenvalue weighted by atomic mass is 16.3. The largest absolute Gasteiger partial charge is 0.456 e. The van der Waals surface area contributed by atoms with Crippen molar-refractivity contribution in [2.24, 2.45) is 0 Å². The van der Waals surface area contributed by atoms with E-state index in [1.165, 1.54) is 0 Å². The van der Waals surface area contributed by atoms with Gasteiger partial charge in [0.1, 0.15) is 11.2 Å². The van der Waals surface area contributed by atoms with Crippen LogP contribution in [0.1, 0.15) is 0 Å². The number of hydrogen-bond acceptors (Lipinski definition) is 5. The van der Waals surface area contributed by atoms with Gasteiger partial charge in [-0.15, -0.1) is 10.2 Å². The molecule has 5 heteroatoms. The van der Waals surface area contributed by atoms with Crippen molar-refractivity contribution in [3.05, 3.63) is 72.8 Å². The number of hydrogen-bond donors (Lipinski definition) is 0. The molecule has 0 N–H and O–H groups in total. The number of furan rings is 1. The monoisotopic (exact) mass is 324 g/mol. The van der Waals surface area contributed by atoms with Crippen LogP contribution in [0.5, 0.6) is 0 Å². The molecule has 0 saturated heterocycles. The lowest BCUT2D eigenvalue weighted by atomic mass is 10.1. The molecule has 0 aliphatic heterocycles. The van der Waals surface area contributed by atoms with Crippen molar-refractivity contribution in [3.8, 4) is 22.8 Å². The maximum Gasteiger partial charge on any atom is 0.185 e. The third kappa shape index (κ3) is 2.33. The molecule has 25 heavy (non-hydrogen) atoms. The topological polar surface area (TPSA) is 64.7 Å². The summed E-state index contributed by atoms with van der Waals surface area (Å²) in [5, 5.41) is 14.2. The minimum atomic E-state index is 0.524. The Bertz CT molecular complexity index is 1200. The summed E-state index contributed by atoms with van der Waals surface area (Å²) in [4.78, 5) is 4.55. The van der Waals surface area contributed by atoms with Crippen molar-refractivity contribution in [2.45, 2.75) is 0 Å². The third-order valence-electron chi connectivity index (χ3n) is 4.16. The molecular formula is C20H12N4O. The molecule has 0 aliphatic carbocycles. The number of fused-ring (bicyclic) bond motifs is 3. The summed E-state index contributed by atoms with van der Waals surface area (Å²) in [6.07, 6.45) is 0. The summed E-state index contributed by atoms with van der Waals surface area (Å²) >= 11 is 0. The molecule has 2 aromatic heterocycles. The number of aromatic nitrogens is 4. The predicted octanol–water partition coefficient (Wildman–Crippen LogP) is 4.50. The fraction of sp³-hybridized carbons (Fsp3) is 0. The van der Waals surface area contributed by atoms with Crippen molar-refractivity contribution < 1.29 is 4.42 Å². The molecule has 0 spiro atoms. The maximum absolute atomic E-state index is 5.94. The zero-order valence-electron chi connectivity index (χ0n) is 13.1. The van der Waals surface area contributed by atoms with E-state index in [1.807, 2.05) is 66.7 Å². The van der Waals surface area contributed by atoms with Crippen LogP contribution in [0, 0.1) is 0 Å². The molecule has 0 radical (unpaired) electrons. The fourth-order valence-corrected chi connectivity index (χ4v) is 2.95. The summed E-state index contributed by atoms with van der Waals surface area (Å²) in [5.74, 6) is 1.08. The fourth-order valence-electron chi connectivity index (χ4n) is 2.95. The van der Waals surface area contributed by atoms with Gasteiger partial charge in [0.05, 0.1) is 0 Å². The van der Waals surface area contributed by atoms with E-state index >= 15 is 0 Å². The van der Waals surface area contributed by atoms with Gasteiger partial charge in [-0.1, -0.05) is 54.6 Å². The Balaban J connectivity index is 1.64. The van der Waals surface area contributed by atoms with Gasteiger partial charge in [0.2, 0.25) is 0 Å². The van der Waals surface area contributed by atoms with Crippen LogP contribution in [-0.2, 0) is 0 Å². The molecule has 0 aliphatic rings. The van der Waals surface area contributed by atoms with Crippen LogP contribution in [0.3, 0.4) is 0 Å². The normalized spacial score (nSPS) is 11.2. The Kier molecular flexibility index (Phi) is 3.03. The van der Waals surface area contributed by atoms with E-state index in [9.17, 15) is 0 Å². The SMILES string of the molecule is c1ccc(-c2nnnc(-c3ccc4c(c3)oc3ccccc34)n2)cc1. The molecule has 0 atom stereocenters. The number of benzene rings is 3. The molecule has 2 heterocycles. The summed E-state index contributed by atoms with van der Waals surface area (Å²) in [6, 6.07) is 23.7. The van der Waals surface area contributed by atoms with E-state index in [-0.39, 0.29) is 0 Å². The second-order valence-corrected chi connectivity index (χ2v) is 5.72. The molecular weight excluding hydrogens is 312 g/mol. The number of para-hydroxylation sites is 1. The highest BCUT2D eigenvalue weighted by molar-refractivity contribution is 6.05. The van der Waals surface area contributed by atoms with Crippen LogP contribution in [0.25, 0.3) is 44.7 Å². The molecule has 0 amide bonds. The Hall–Kier alpha value is -3.60. The minimum Gasteiger partial charge on any atom is -0.456 e. The van der Waals surface area contributed by atoms with E-state index < -0.39 is 0 Å². The van der Waals surface area contributed by atoms with Gasteiger partial charge < -0.3 is 4.42 Å². The van der Waals surface area contributed by atoms with Crippen LogP contribution >= 0.6 is 0 Å². The van der Waals surface area contributed by atoms with Crippen LogP contribution in [-0.4, -0.2) is 20.4 Å². The highest BCUT2D eigenvalue weighted by Crippen LogP contribution is 2.31. The van der Waals surface area contributed by atoms with Crippen LogP contribution in [0.4, 0.5) is 0 Å². The van der Waals surface area contributed by atoms with Gasteiger partial charge in [0.15, 0.2) is 11.6 Å². The Labute approximate surface area is 143 Å². The van der Waals surface area contributed by atoms with Crippen LogP contribution in [0.15, 0.2) is 77.2 Å². The highest BCUT2D eigenvalue weighted by Gasteiger charge is 2.11. The number of rotatable bonds is 2. The second-order valence-electron chi connectivity index (χ2n) is 5.72. The predicted molar refractivity (Wildman–Crippen MR) is 95.8 cm³/mol. The first-order valence-corrected chi connectivity index (χ1v) is 7.93. The Morgan fingerprint density at radius 2 is 1.32 bits per heavy atom. The molecule has 5 nitrogen and oxygen atoms in total. The van der Waals surface area contributed by atoms with Crippen LogP contribution in [0.2, 0.25) is 0 Å². The van der Waals surface area contributed by atoms with E-state index in [4.69, 9.17) is 4.42 Å². The quantitative estimate of drug-likeness (QED) is 0.478. The van der Waals surface area contributed by atoms with Gasteiger partial charge in [-0.25, -0.2) is 4.98 Å². The summed E-state index contributed by atoms with van der Waals surface area (Å²) in [5.41, 5.74) is 3.43. The molecule has 5 rings (SSSR count). The van der Waals surface area contributed by atoms with Crippen molar-refractivity contribution in [2.75, 3.05) is 0 Å². The lowest BCUT2D eigenvalue weighted by molar-refractivity contribution is 0.669.